The number of hydrogen-bond donors (Lipinski definition) is 1. The van der Waals surface area contributed by atoms with Crippen LogP contribution < -0.4 is 5.32 Å². The average Bonchev–Trinajstić information content (AvgIpc) is 2.22. The molecule has 0 heterocycles. The summed E-state index contributed by atoms with van der Waals surface area (Å²) < 4.78 is 4.82. The molecule has 1 N–H and O–H groups in total. The SMILES string of the molecule is COCCC(=O)SC(C)CNC(=O)C(C)C. The Balaban J connectivity index is 3.69. The fourth-order valence-corrected chi connectivity index (χ4v) is 1.78. The molecule has 4 nitrogen and oxygen atoms in total. The van der Waals surface area contributed by atoms with Crippen molar-refractivity contribution in [2.75, 3.05) is 20.3 Å². The summed E-state index contributed by atoms with van der Waals surface area (Å²) in [5, 5.41) is 3.01. The predicted molar refractivity (Wildman–Crippen MR) is 66.4 cm³/mol. The Hall–Kier alpha value is -0.550. The van der Waals surface area contributed by atoms with Gasteiger partial charge in [-0.3, -0.25) is 9.59 Å². The maximum Gasteiger partial charge on any atom is 0.222 e. The van der Waals surface area contributed by atoms with Crippen LogP contribution >= 0.6 is 11.8 Å². The monoisotopic (exact) mass is 247 g/mol. The van der Waals surface area contributed by atoms with E-state index in [2.05, 4.69) is 5.32 Å². The summed E-state index contributed by atoms with van der Waals surface area (Å²) in [6.07, 6.45) is 0.420. The zero-order valence-electron chi connectivity index (χ0n) is 10.4. The lowest BCUT2D eigenvalue weighted by Crippen LogP contribution is -2.32. The quantitative estimate of drug-likeness (QED) is 0.739. The van der Waals surface area contributed by atoms with Gasteiger partial charge < -0.3 is 10.1 Å². The van der Waals surface area contributed by atoms with Gasteiger partial charge in [0.05, 0.1) is 6.61 Å². The number of rotatable bonds is 7. The third kappa shape index (κ3) is 7.70. The van der Waals surface area contributed by atoms with E-state index in [4.69, 9.17) is 4.74 Å². The number of thioether (sulfide) groups is 1. The van der Waals surface area contributed by atoms with Gasteiger partial charge in [-0.15, -0.1) is 0 Å². The maximum atomic E-state index is 11.4. The first-order valence-corrected chi connectivity index (χ1v) is 6.31. The van der Waals surface area contributed by atoms with Gasteiger partial charge in [-0.2, -0.15) is 0 Å². The van der Waals surface area contributed by atoms with Crippen LogP contribution in [-0.2, 0) is 14.3 Å². The van der Waals surface area contributed by atoms with Crippen molar-refractivity contribution in [1.82, 2.24) is 5.32 Å². The van der Waals surface area contributed by atoms with E-state index in [1.807, 2.05) is 20.8 Å². The minimum absolute atomic E-state index is 0.0126. The Morgan fingerprint density at radius 3 is 2.44 bits per heavy atom. The van der Waals surface area contributed by atoms with E-state index in [0.29, 0.717) is 19.6 Å². The van der Waals surface area contributed by atoms with E-state index in [0.717, 1.165) is 0 Å². The number of methoxy groups -OCH3 is 1. The minimum Gasteiger partial charge on any atom is -0.384 e. The van der Waals surface area contributed by atoms with Crippen LogP contribution in [0.15, 0.2) is 0 Å². The summed E-state index contributed by atoms with van der Waals surface area (Å²) in [5.41, 5.74) is 0. The molecule has 0 aliphatic carbocycles. The van der Waals surface area contributed by atoms with Crippen LogP contribution in [0.25, 0.3) is 0 Å². The standard InChI is InChI=1S/C11H21NO3S/c1-8(2)11(14)12-7-9(3)16-10(13)5-6-15-4/h8-9H,5-7H2,1-4H3,(H,12,14). The summed E-state index contributed by atoms with van der Waals surface area (Å²) in [4.78, 5) is 22.6. The fourth-order valence-electron chi connectivity index (χ4n) is 0.959. The van der Waals surface area contributed by atoms with Gasteiger partial charge in [0, 0.05) is 31.2 Å². The maximum absolute atomic E-state index is 11.4. The Morgan fingerprint density at radius 2 is 1.94 bits per heavy atom. The topological polar surface area (TPSA) is 55.4 Å². The third-order valence-electron chi connectivity index (χ3n) is 1.93. The molecular formula is C11H21NO3S. The van der Waals surface area contributed by atoms with Gasteiger partial charge in [-0.05, 0) is 0 Å². The largest absolute Gasteiger partial charge is 0.384 e. The zero-order valence-corrected chi connectivity index (χ0v) is 11.2. The van der Waals surface area contributed by atoms with Crippen molar-refractivity contribution in [2.45, 2.75) is 32.4 Å². The molecule has 0 radical (unpaired) electrons. The highest BCUT2D eigenvalue weighted by atomic mass is 32.2. The first-order valence-electron chi connectivity index (χ1n) is 5.43. The van der Waals surface area contributed by atoms with Crippen LogP contribution in [-0.4, -0.2) is 36.5 Å². The number of carbonyl (C=O) groups is 2. The molecule has 0 fully saturated rings. The molecule has 0 aliphatic heterocycles. The van der Waals surface area contributed by atoms with Crippen LogP contribution in [0.5, 0.6) is 0 Å². The van der Waals surface area contributed by atoms with Crippen LogP contribution in [0, 0.1) is 5.92 Å². The van der Waals surface area contributed by atoms with Gasteiger partial charge in [0.2, 0.25) is 5.91 Å². The molecule has 1 atom stereocenters. The van der Waals surface area contributed by atoms with Gasteiger partial charge in [0.15, 0.2) is 5.12 Å². The van der Waals surface area contributed by atoms with Gasteiger partial charge in [0.1, 0.15) is 0 Å². The van der Waals surface area contributed by atoms with E-state index in [1.54, 1.807) is 7.11 Å². The lowest BCUT2D eigenvalue weighted by Gasteiger charge is -2.12. The number of nitrogens with one attached hydrogen (secondary N) is 1. The molecule has 0 aromatic heterocycles. The molecule has 0 saturated carbocycles. The number of amides is 1. The molecule has 0 aromatic carbocycles. The average molecular weight is 247 g/mol. The van der Waals surface area contributed by atoms with E-state index in [-0.39, 0.29) is 22.2 Å². The summed E-state index contributed by atoms with van der Waals surface area (Å²) in [5.74, 6) is 0.0122. The number of ether oxygens (including phenoxy) is 1. The summed E-state index contributed by atoms with van der Waals surface area (Å²) >= 11 is 1.26. The Kier molecular flexibility index (Phi) is 8.29. The molecule has 0 rings (SSSR count). The lowest BCUT2D eigenvalue weighted by molar-refractivity contribution is -0.124. The highest BCUT2D eigenvalue weighted by Crippen LogP contribution is 2.12. The molecule has 0 spiro atoms. The summed E-state index contributed by atoms with van der Waals surface area (Å²) in [6, 6.07) is 0. The van der Waals surface area contributed by atoms with Gasteiger partial charge in [0.25, 0.3) is 0 Å². The van der Waals surface area contributed by atoms with Crippen molar-refractivity contribution < 1.29 is 14.3 Å². The van der Waals surface area contributed by atoms with Crippen LogP contribution in [0.3, 0.4) is 0 Å². The molecule has 0 bridgehead atoms. The zero-order chi connectivity index (χ0) is 12.6. The van der Waals surface area contributed by atoms with Crippen LogP contribution in [0.2, 0.25) is 0 Å². The molecule has 16 heavy (non-hydrogen) atoms. The molecule has 1 unspecified atom stereocenters. The number of carbonyl (C=O) groups excluding carboxylic acids is 2. The van der Waals surface area contributed by atoms with Crippen molar-refractivity contribution in [2.24, 2.45) is 5.92 Å². The molecule has 0 aromatic rings. The molecule has 1 amide bonds. The Morgan fingerprint density at radius 1 is 1.31 bits per heavy atom. The normalized spacial score (nSPS) is 12.6. The molecule has 0 aliphatic rings. The second kappa shape index (κ2) is 8.58. The van der Waals surface area contributed by atoms with Crippen molar-refractivity contribution in [3.63, 3.8) is 0 Å². The van der Waals surface area contributed by atoms with Crippen LogP contribution in [0.1, 0.15) is 27.2 Å². The van der Waals surface area contributed by atoms with Crippen LogP contribution in [0.4, 0.5) is 0 Å². The van der Waals surface area contributed by atoms with E-state index >= 15 is 0 Å². The fraction of sp³-hybridized carbons (Fsp3) is 0.818. The minimum atomic E-state index is -0.0126. The van der Waals surface area contributed by atoms with Crippen molar-refractivity contribution in [3.05, 3.63) is 0 Å². The molecular weight excluding hydrogens is 226 g/mol. The second-order valence-corrected chi connectivity index (χ2v) is 5.44. The smallest absolute Gasteiger partial charge is 0.222 e. The van der Waals surface area contributed by atoms with Crippen molar-refractivity contribution >= 4 is 22.8 Å². The first-order chi connectivity index (χ1) is 7.47. The molecule has 0 saturated heterocycles. The molecule has 5 heteroatoms. The predicted octanol–water partition coefficient (Wildman–Crippen LogP) is 1.44. The highest BCUT2D eigenvalue weighted by molar-refractivity contribution is 8.14. The lowest BCUT2D eigenvalue weighted by atomic mass is 10.2. The van der Waals surface area contributed by atoms with Crippen molar-refractivity contribution in [1.29, 1.82) is 0 Å². The highest BCUT2D eigenvalue weighted by Gasteiger charge is 2.12. The number of hydrogen-bond acceptors (Lipinski definition) is 4. The summed E-state index contributed by atoms with van der Waals surface area (Å²) in [6.45, 7) is 6.60. The van der Waals surface area contributed by atoms with Gasteiger partial charge in [-0.25, -0.2) is 0 Å². The molecule has 94 valence electrons. The summed E-state index contributed by atoms with van der Waals surface area (Å²) in [7, 11) is 1.57. The Bertz CT molecular complexity index is 231. The van der Waals surface area contributed by atoms with Gasteiger partial charge in [-0.1, -0.05) is 32.5 Å². The van der Waals surface area contributed by atoms with Gasteiger partial charge >= 0.3 is 0 Å². The third-order valence-corrected chi connectivity index (χ3v) is 2.97. The van der Waals surface area contributed by atoms with Crippen molar-refractivity contribution in [3.8, 4) is 0 Å². The Labute approximate surface area is 101 Å². The van der Waals surface area contributed by atoms with E-state index in [1.165, 1.54) is 11.8 Å². The first kappa shape index (κ1) is 15.4. The van der Waals surface area contributed by atoms with E-state index in [9.17, 15) is 9.59 Å². The second-order valence-electron chi connectivity index (χ2n) is 3.94. The van der Waals surface area contributed by atoms with E-state index < -0.39 is 0 Å².